The Morgan fingerprint density at radius 1 is 1.14 bits per heavy atom. The van der Waals surface area contributed by atoms with Crippen molar-refractivity contribution < 1.29 is 21.6 Å². The second kappa shape index (κ2) is 8.06. The van der Waals surface area contributed by atoms with Gasteiger partial charge < -0.3 is 5.32 Å². The Labute approximate surface area is 175 Å². The van der Waals surface area contributed by atoms with Gasteiger partial charge in [-0.1, -0.05) is 35.9 Å². The number of sulfone groups is 1. The number of hydrogen-bond acceptors (Lipinski definition) is 5. The molecule has 1 atom stereocenters. The number of carbonyl (C=O) groups excluding carboxylic acids is 1. The predicted octanol–water partition coefficient (Wildman–Crippen LogP) is 2.46. The number of sulfonamides is 1. The molecule has 0 fully saturated rings. The second-order valence-electron chi connectivity index (χ2n) is 6.84. The maximum atomic E-state index is 13.0. The molecule has 0 saturated carbocycles. The summed E-state index contributed by atoms with van der Waals surface area (Å²) in [6, 6.07) is 10.4. The highest BCUT2D eigenvalue weighted by atomic mass is 35.5. The molecule has 2 aromatic carbocycles. The Morgan fingerprint density at radius 3 is 2.41 bits per heavy atom. The number of nitrogens with zero attached hydrogens (tertiary/aromatic N) is 1. The van der Waals surface area contributed by atoms with E-state index in [1.54, 1.807) is 0 Å². The van der Waals surface area contributed by atoms with Crippen LogP contribution in [0.2, 0.25) is 5.02 Å². The summed E-state index contributed by atoms with van der Waals surface area (Å²) in [6.45, 7) is 1.62. The van der Waals surface area contributed by atoms with Crippen molar-refractivity contribution in [2.75, 3.05) is 17.3 Å². The minimum absolute atomic E-state index is 0.00391. The number of halogens is 1. The highest BCUT2D eigenvalue weighted by molar-refractivity contribution is 7.90. The highest BCUT2D eigenvalue weighted by Gasteiger charge is 2.38. The number of benzene rings is 2. The normalized spacial score (nSPS) is 17.6. The van der Waals surface area contributed by atoms with Crippen molar-refractivity contribution in [3.63, 3.8) is 0 Å². The number of amides is 1. The molecule has 7 nitrogen and oxygen atoms in total. The van der Waals surface area contributed by atoms with E-state index in [-0.39, 0.29) is 34.3 Å². The maximum Gasteiger partial charge on any atom is 0.243 e. The van der Waals surface area contributed by atoms with Gasteiger partial charge in [-0.05, 0) is 42.7 Å². The summed E-state index contributed by atoms with van der Waals surface area (Å²) in [5, 5.41) is 2.77. The molecule has 0 radical (unpaired) electrons. The van der Waals surface area contributed by atoms with Crippen LogP contribution in [-0.4, -0.2) is 45.1 Å². The van der Waals surface area contributed by atoms with Crippen molar-refractivity contribution in [1.29, 1.82) is 0 Å². The molecule has 156 valence electrons. The van der Waals surface area contributed by atoms with Crippen molar-refractivity contribution in [2.45, 2.75) is 30.8 Å². The average molecular weight is 457 g/mol. The number of carbonyl (C=O) groups is 1. The van der Waals surface area contributed by atoms with Crippen LogP contribution in [-0.2, 0) is 37.6 Å². The molecule has 3 rings (SSSR count). The van der Waals surface area contributed by atoms with Crippen LogP contribution in [0.1, 0.15) is 18.1 Å². The number of rotatable bonds is 5. The van der Waals surface area contributed by atoms with E-state index in [0.29, 0.717) is 0 Å². The Balaban J connectivity index is 1.96. The summed E-state index contributed by atoms with van der Waals surface area (Å²) in [5.74, 6) is -0.701. The Hall–Kier alpha value is -1.94. The lowest BCUT2D eigenvalue weighted by molar-refractivity contribution is -0.120. The molecule has 0 unspecified atom stereocenters. The van der Waals surface area contributed by atoms with E-state index in [0.717, 1.165) is 17.4 Å². The highest BCUT2D eigenvalue weighted by Crippen LogP contribution is 2.29. The molecule has 1 amide bonds. The van der Waals surface area contributed by atoms with Crippen LogP contribution in [0.3, 0.4) is 0 Å². The molecule has 1 aliphatic rings. The van der Waals surface area contributed by atoms with Gasteiger partial charge in [0.2, 0.25) is 15.9 Å². The molecule has 1 heterocycles. The molecule has 0 aliphatic carbocycles. The monoisotopic (exact) mass is 456 g/mol. The fourth-order valence-electron chi connectivity index (χ4n) is 3.23. The summed E-state index contributed by atoms with van der Waals surface area (Å²) in [5.41, 5.74) is 1.86. The molecule has 0 saturated heterocycles. The summed E-state index contributed by atoms with van der Waals surface area (Å²) in [7, 11) is -7.15. The van der Waals surface area contributed by atoms with Gasteiger partial charge in [0.05, 0.1) is 21.4 Å². The predicted molar refractivity (Wildman–Crippen MR) is 112 cm³/mol. The van der Waals surface area contributed by atoms with Gasteiger partial charge in [-0.2, -0.15) is 4.31 Å². The first-order valence-corrected chi connectivity index (χ1v) is 12.8. The summed E-state index contributed by atoms with van der Waals surface area (Å²) < 4.78 is 50.0. The van der Waals surface area contributed by atoms with E-state index in [9.17, 15) is 21.6 Å². The molecule has 1 aliphatic heterocycles. The topological polar surface area (TPSA) is 101 Å². The molecule has 1 N–H and O–H groups in total. The van der Waals surface area contributed by atoms with Crippen molar-refractivity contribution in [3.05, 3.63) is 58.6 Å². The van der Waals surface area contributed by atoms with Crippen LogP contribution in [0.5, 0.6) is 0 Å². The zero-order chi connectivity index (χ0) is 21.4. The van der Waals surface area contributed by atoms with Crippen molar-refractivity contribution in [1.82, 2.24) is 4.31 Å². The number of nitrogens with one attached hydrogen (secondary N) is 1. The number of fused-ring (bicyclic) bond motifs is 1. The average Bonchev–Trinajstić information content (AvgIpc) is 2.67. The lowest BCUT2D eigenvalue weighted by Gasteiger charge is -2.34. The number of anilines is 1. The Morgan fingerprint density at radius 2 is 1.79 bits per heavy atom. The molecular weight excluding hydrogens is 436 g/mol. The largest absolute Gasteiger partial charge is 0.323 e. The molecule has 0 spiro atoms. The van der Waals surface area contributed by atoms with Gasteiger partial charge in [0.1, 0.15) is 6.04 Å². The summed E-state index contributed by atoms with van der Waals surface area (Å²) in [4.78, 5) is 13.0. The van der Waals surface area contributed by atoms with E-state index in [4.69, 9.17) is 11.6 Å². The van der Waals surface area contributed by atoms with E-state index in [1.807, 2.05) is 24.3 Å². The summed E-state index contributed by atoms with van der Waals surface area (Å²) in [6.07, 6.45) is 1.26. The molecule has 2 aromatic rings. The Bertz CT molecular complexity index is 1160. The third-order valence-corrected chi connectivity index (χ3v) is 8.12. The minimum Gasteiger partial charge on any atom is -0.323 e. The van der Waals surface area contributed by atoms with Crippen molar-refractivity contribution >= 4 is 43.1 Å². The van der Waals surface area contributed by atoms with Crippen LogP contribution >= 0.6 is 11.6 Å². The third kappa shape index (κ3) is 4.63. The van der Waals surface area contributed by atoms with E-state index in [2.05, 4.69) is 5.32 Å². The fraction of sp³-hybridized carbons (Fsp3) is 0.316. The molecule has 0 bridgehead atoms. The van der Waals surface area contributed by atoms with Crippen LogP contribution in [0, 0.1) is 0 Å². The smallest absolute Gasteiger partial charge is 0.243 e. The van der Waals surface area contributed by atoms with Gasteiger partial charge in [0.15, 0.2) is 9.84 Å². The van der Waals surface area contributed by atoms with Gasteiger partial charge in [0.25, 0.3) is 0 Å². The van der Waals surface area contributed by atoms with Crippen molar-refractivity contribution in [3.8, 4) is 0 Å². The van der Waals surface area contributed by atoms with Crippen LogP contribution < -0.4 is 5.32 Å². The first-order valence-electron chi connectivity index (χ1n) is 8.89. The quantitative estimate of drug-likeness (QED) is 0.744. The molecular formula is C19H21ClN2O5S2. The van der Waals surface area contributed by atoms with Crippen LogP contribution in [0.15, 0.2) is 47.4 Å². The lowest BCUT2D eigenvalue weighted by Crippen LogP contribution is -2.51. The maximum absolute atomic E-state index is 13.0. The first-order chi connectivity index (χ1) is 13.5. The van der Waals surface area contributed by atoms with Gasteiger partial charge in [0, 0.05) is 12.8 Å². The van der Waals surface area contributed by atoms with Gasteiger partial charge in [-0.15, -0.1) is 0 Å². The zero-order valence-electron chi connectivity index (χ0n) is 15.9. The standard InChI is InChI=1S/C19H21ClN2O5S2/c1-3-29(26,27)22-12-14-7-5-4-6-13(14)10-18(22)19(23)21-17-11-15(28(2,24)25)8-9-16(17)20/h4-9,11,18H,3,10,12H2,1-2H3,(H,21,23)/t18-/m0/s1. The molecule has 29 heavy (non-hydrogen) atoms. The number of hydrogen-bond donors (Lipinski definition) is 1. The lowest BCUT2D eigenvalue weighted by atomic mass is 9.95. The third-order valence-electron chi connectivity index (χ3n) is 4.85. The minimum atomic E-state index is -3.65. The van der Waals surface area contributed by atoms with Crippen LogP contribution in [0.4, 0.5) is 5.69 Å². The Kier molecular flexibility index (Phi) is 6.05. The van der Waals surface area contributed by atoms with Gasteiger partial charge >= 0.3 is 0 Å². The van der Waals surface area contributed by atoms with E-state index < -0.39 is 31.8 Å². The second-order valence-corrected chi connectivity index (χ2v) is 11.5. The zero-order valence-corrected chi connectivity index (χ0v) is 18.3. The van der Waals surface area contributed by atoms with Crippen LogP contribution in [0.25, 0.3) is 0 Å². The SMILES string of the molecule is CCS(=O)(=O)N1Cc2ccccc2C[C@H]1C(=O)Nc1cc(S(C)(=O)=O)ccc1Cl. The van der Waals surface area contributed by atoms with E-state index in [1.165, 1.54) is 29.4 Å². The fourth-order valence-corrected chi connectivity index (χ4v) is 5.26. The molecule has 10 heteroatoms. The molecule has 0 aromatic heterocycles. The van der Waals surface area contributed by atoms with Gasteiger partial charge in [-0.3, -0.25) is 4.79 Å². The van der Waals surface area contributed by atoms with Gasteiger partial charge in [-0.25, -0.2) is 16.8 Å². The van der Waals surface area contributed by atoms with E-state index >= 15 is 0 Å². The summed E-state index contributed by atoms with van der Waals surface area (Å²) >= 11 is 6.12. The van der Waals surface area contributed by atoms with Crippen molar-refractivity contribution in [2.24, 2.45) is 0 Å². The first kappa shape index (κ1) is 21.8.